The van der Waals surface area contributed by atoms with Crippen LogP contribution in [0.2, 0.25) is 0 Å². The third-order valence-corrected chi connectivity index (χ3v) is 5.93. The molecule has 0 radical (unpaired) electrons. The molecule has 7 nitrogen and oxygen atoms in total. The van der Waals surface area contributed by atoms with E-state index in [-0.39, 0.29) is 35.9 Å². The monoisotopic (exact) mass is 530 g/mol. The number of hydrogen-bond acceptors (Lipinski definition) is 4. The van der Waals surface area contributed by atoms with Crippen molar-refractivity contribution < 1.29 is 14.3 Å². The van der Waals surface area contributed by atoms with Crippen molar-refractivity contribution in [3.8, 4) is 11.5 Å². The van der Waals surface area contributed by atoms with Crippen LogP contribution in [-0.2, 0) is 11.3 Å². The van der Waals surface area contributed by atoms with Crippen LogP contribution in [0, 0.1) is 5.92 Å². The van der Waals surface area contributed by atoms with E-state index in [4.69, 9.17) is 9.47 Å². The van der Waals surface area contributed by atoms with E-state index >= 15 is 0 Å². The number of carbonyl (C=O) groups is 1. The molecule has 2 aliphatic rings. The topological polar surface area (TPSA) is 75.2 Å². The van der Waals surface area contributed by atoms with Gasteiger partial charge in [-0.15, -0.1) is 24.0 Å². The lowest BCUT2D eigenvalue weighted by Gasteiger charge is -2.26. The summed E-state index contributed by atoms with van der Waals surface area (Å²) in [5, 5.41) is 6.81. The molecule has 8 heteroatoms. The second kappa shape index (κ2) is 12.2. The second-order valence-corrected chi connectivity index (χ2v) is 7.86. The molecule has 1 atom stereocenters. The van der Waals surface area contributed by atoms with E-state index in [0.717, 1.165) is 43.9 Å². The molecular formula is C22H35IN4O3. The molecule has 0 aromatic heterocycles. The van der Waals surface area contributed by atoms with E-state index in [1.54, 1.807) is 21.3 Å². The Kier molecular flexibility index (Phi) is 10.0. The summed E-state index contributed by atoms with van der Waals surface area (Å²) < 4.78 is 10.7. The molecule has 0 spiro atoms. The molecule has 1 unspecified atom stereocenters. The summed E-state index contributed by atoms with van der Waals surface area (Å²) in [5.74, 6) is 2.76. The zero-order valence-corrected chi connectivity index (χ0v) is 20.6. The fraction of sp³-hybridized carbons (Fsp3) is 0.636. The first-order valence-corrected chi connectivity index (χ1v) is 10.6. The molecule has 1 aromatic rings. The molecule has 1 saturated heterocycles. The number of nitrogens with zero attached hydrogens (tertiary/aromatic N) is 2. The van der Waals surface area contributed by atoms with E-state index in [0.29, 0.717) is 24.0 Å². The lowest BCUT2D eigenvalue weighted by Crippen LogP contribution is -2.45. The molecule has 1 amide bonds. The van der Waals surface area contributed by atoms with Crippen molar-refractivity contribution in [3.05, 3.63) is 23.8 Å². The van der Waals surface area contributed by atoms with Crippen molar-refractivity contribution in [2.24, 2.45) is 10.9 Å². The van der Waals surface area contributed by atoms with Crippen LogP contribution in [0.15, 0.2) is 23.2 Å². The molecule has 2 fully saturated rings. The van der Waals surface area contributed by atoms with Gasteiger partial charge in [0, 0.05) is 38.6 Å². The first-order chi connectivity index (χ1) is 14.1. The Bertz CT molecular complexity index is 722. The second-order valence-electron chi connectivity index (χ2n) is 7.86. The summed E-state index contributed by atoms with van der Waals surface area (Å²) in [4.78, 5) is 19.1. The van der Waals surface area contributed by atoms with Gasteiger partial charge in [0.15, 0.2) is 17.5 Å². The highest BCUT2D eigenvalue weighted by molar-refractivity contribution is 14.0. The van der Waals surface area contributed by atoms with Gasteiger partial charge >= 0.3 is 0 Å². The van der Waals surface area contributed by atoms with Gasteiger partial charge < -0.3 is 25.0 Å². The Morgan fingerprint density at radius 3 is 2.53 bits per heavy atom. The number of halogens is 1. The molecule has 2 N–H and O–H groups in total. The van der Waals surface area contributed by atoms with Gasteiger partial charge in [0.1, 0.15) is 0 Å². The SMILES string of the molecule is CN=C(NCc1ccc(OC)c(OC)c1)NC1CCN(C(=O)C2CCCCC2)C1.I. The van der Waals surface area contributed by atoms with Gasteiger partial charge in [-0.1, -0.05) is 25.3 Å². The Labute approximate surface area is 197 Å². The van der Waals surface area contributed by atoms with Gasteiger partial charge in [0.2, 0.25) is 5.91 Å². The minimum Gasteiger partial charge on any atom is -0.493 e. The molecule has 1 saturated carbocycles. The normalized spacial score (nSPS) is 19.8. The van der Waals surface area contributed by atoms with Crippen molar-refractivity contribution in [2.75, 3.05) is 34.4 Å². The number of carbonyl (C=O) groups excluding carboxylic acids is 1. The summed E-state index contributed by atoms with van der Waals surface area (Å²) >= 11 is 0. The minimum absolute atomic E-state index is 0. The molecule has 30 heavy (non-hydrogen) atoms. The predicted octanol–water partition coefficient (Wildman–Crippen LogP) is 3.17. The summed E-state index contributed by atoms with van der Waals surface area (Å²) in [6.07, 6.45) is 6.73. The van der Waals surface area contributed by atoms with E-state index in [1.165, 1.54) is 19.3 Å². The van der Waals surface area contributed by atoms with Crippen LogP contribution in [0.5, 0.6) is 11.5 Å². The first kappa shape index (κ1) is 24.6. The van der Waals surface area contributed by atoms with Crippen molar-refractivity contribution >= 4 is 35.8 Å². The van der Waals surface area contributed by atoms with Crippen LogP contribution in [0.25, 0.3) is 0 Å². The zero-order valence-electron chi connectivity index (χ0n) is 18.3. The van der Waals surface area contributed by atoms with Crippen molar-refractivity contribution in [1.82, 2.24) is 15.5 Å². The number of likely N-dealkylation sites (tertiary alicyclic amines) is 1. The third-order valence-electron chi connectivity index (χ3n) is 5.93. The van der Waals surface area contributed by atoms with Crippen molar-refractivity contribution in [3.63, 3.8) is 0 Å². The fourth-order valence-electron chi connectivity index (χ4n) is 4.25. The molecule has 3 rings (SSSR count). The van der Waals surface area contributed by atoms with E-state index < -0.39 is 0 Å². The lowest BCUT2D eigenvalue weighted by atomic mass is 9.88. The van der Waals surface area contributed by atoms with Gasteiger partial charge in [-0.05, 0) is 37.0 Å². The average molecular weight is 530 g/mol. The molecule has 168 valence electrons. The zero-order chi connectivity index (χ0) is 20.6. The molecule has 1 aliphatic carbocycles. The first-order valence-electron chi connectivity index (χ1n) is 10.6. The number of benzene rings is 1. The maximum Gasteiger partial charge on any atom is 0.225 e. The number of guanidine groups is 1. The highest BCUT2D eigenvalue weighted by atomic mass is 127. The fourth-order valence-corrected chi connectivity index (χ4v) is 4.25. The van der Waals surface area contributed by atoms with Gasteiger partial charge in [-0.25, -0.2) is 0 Å². The van der Waals surface area contributed by atoms with Crippen LogP contribution in [0.4, 0.5) is 0 Å². The Balaban J connectivity index is 0.00000320. The van der Waals surface area contributed by atoms with Gasteiger partial charge in [-0.2, -0.15) is 0 Å². The maximum absolute atomic E-state index is 12.8. The smallest absolute Gasteiger partial charge is 0.225 e. The van der Waals surface area contributed by atoms with E-state index in [1.807, 2.05) is 23.1 Å². The van der Waals surface area contributed by atoms with Crippen LogP contribution >= 0.6 is 24.0 Å². The molecule has 0 bridgehead atoms. The number of methoxy groups -OCH3 is 2. The Morgan fingerprint density at radius 2 is 1.87 bits per heavy atom. The lowest BCUT2D eigenvalue weighted by molar-refractivity contribution is -0.135. The average Bonchev–Trinajstić information content (AvgIpc) is 3.24. The molecule has 1 aromatic carbocycles. The maximum atomic E-state index is 12.8. The number of hydrogen-bond donors (Lipinski definition) is 2. The highest BCUT2D eigenvalue weighted by Crippen LogP contribution is 2.28. The summed E-state index contributed by atoms with van der Waals surface area (Å²) in [6.45, 7) is 2.21. The van der Waals surface area contributed by atoms with Gasteiger partial charge in [0.05, 0.1) is 14.2 Å². The van der Waals surface area contributed by atoms with Crippen molar-refractivity contribution in [2.45, 2.75) is 51.1 Å². The summed E-state index contributed by atoms with van der Waals surface area (Å²) in [5.41, 5.74) is 1.08. The van der Waals surface area contributed by atoms with Gasteiger partial charge in [-0.3, -0.25) is 9.79 Å². The number of nitrogens with one attached hydrogen (secondary N) is 2. The quantitative estimate of drug-likeness (QED) is 0.336. The summed E-state index contributed by atoms with van der Waals surface area (Å²) in [7, 11) is 5.03. The predicted molar refractivity (Wildman–Crippen MR) is 130 cm³/mol. The molecular weight excluding hydrogens is 495 g/mol. The number of rotatable bonds is 6. The standard InChI is InChI=1S/C22H34N4O3.HI/c1-23-22(24-14-16-9-10-19(28-2)20(13-16)29-3)25-18-11-12-26(15-18)21(27)17-7-5-4-6-8-17;/h9-10,13,17-18H,4-8,11-12,14-15H2,1-3H3,(H2,23,24,25);1H. The van der Waals surface area contributed by atoms with Crippen LogP contribution in [0.1, 0.15) is 44.1 Å². The van der Waals surface area contributed by atoms with Crippen LogP contribution in [-0.4, -0.2) is 57.2 Å². The van der Waals surface area contributed by atoms with Crippen molar-refractivity contribution in [1.29, 1.82) is 0 Å². The number of amides is 1. The molecule has 1 aliphatic heterocycles. The van der Waals surface area contributed by atoms with E-state index in [9.17, 15) is 4.79 Å². The Morgan fingerprint density at radius 1 is 1.13 bits per heavy atom. The third kappa shape index (κ3) is 6.39. The minimum atomic E-state index is 0. The Hall–Kier alpha value is -1.71. The highest BCUT2D eigenvalue weighted by Gasteiger charge is 2.31. The largest absolute Gasteiger partial charge is 0.493 e. The van der Waals surface area contributed by atoms with E-state index in [2.05, 4.69) is 15.6 Å². The number of ether oxygens (including phenoxy) is 2. The number of aliphatic imine (C=N–C) groups is 1. The summed E-state index contributed by atoms with van der Waals surface area (Å²) in [6, 6.07) is 6.10. The molecule has 1 heterocycles. The van der Waals surface area contributed by atoms with Crippen LogP contribution in [0.3, 0.4) is 0 Å². The van der Waals surface area contributed by atoms with Crippen LogP contribution < -0.4 is 20.1 Å². The van der Waals surface area contributed by atoms with Gasteiger partial charge in [0.25, 0.3) is 0 Å².